The lowest BCUT2D eigenvalue weighted by atomic mass is 10.2. The van der Waals surface area contributed by atoms with Gasteiger partial charge in [0.15, 0.2) is 0 Å². The fourth-order valence-electron chi connectivity index (χ4n) is 4.47. The predicted molar refractivity (Wildman–Crippen MR) is 134 cm³/mol. The topological polar surface area (TPSA) is 104 Å². The van der Waals surface area contributed by atoms with Crippen LogP contribution in [-0.4, -0.2) is 46.7 Å². The molecule has 2 aliphatic heterocycles. The van der Waals surface area contributed by atoms with Crippen molar-refractivity contribution >= 4 is 37.3 Å². The van der Waals surface area contributed by atoms with Crippen LogP contribution in [0.4, 0.5) is 11.4 Å². The van der Waals surface area contributed by atoms with E-state index in [2.05, 4.69) is 5.32 Å². The van der Waals surface area contributed by atoms with Gasteiger partial charge >= 0.3 is 0 Å². The number of hydrogen-bond acceptors (Lipinski definition) is 5. The number of hydrogen-bond donors (Lipinski definition) is 1. The van der Waals surface area contributed by atoms with Crippen LogP contribution in [0.3, 0.4) is 0 Å². The average Bonchev–Trinajstić information content (AvgIpc) is 3.56. The van der Waals surface area contributed by atoms with E-state index in [1.54, 1.807) is 18.2 Å². The highest BCUT2D eigenvalue weighted by Crippen LogP contribution is 2.33. The van der Waals surface area contributed by atoms with Gasteiger partial charge in [-0.15, -0.1) is 0 Å². The van der Waals surface area contributed by atoms with Gasteiger partial charge in [0.2, 0.25) is 10.0 Å². The molecule has 1 N–H and O–H groups in total. The van der Waals surface area contributed by atoms with Crippen molar-refractivity contribution < 1.29 is 21.6 Å². The summed E-state index contributed by atoms with van der Waals surface area (Å²) in [6.07, 6.45) is 2.35. The second kappa shape index (κ2) is 9.10. The molecule has 0 spiro atoms. The van der Waals surface area contributed by atoms with Gasteiger partial charge in [-0.2, -0.15) is 4.31 Å². The van der Waals surface area contributed by atoms with Gasteiger partial charge in [-0.25, -0.2) is 16.8 Å². The van der Waals surface area contributed by atoms with E-state index < -0.39 is 26.0 Å². The number of sulfonamides is 2. The van der Waals surface area contributed by atoms with Gasteiger partial charge in [0.1, 0.15) is 0 Å². The Hall–Kier alpha value is -3.21. The molecule has 2 aliphatic rings. The minimum absolute atomic E-state index is 0.0360. The molecular formula is C25H25N3O5S2. The lowest BCUT2D eigenvalue weighted by Crippen LogP contribution is -2.29. The Morgan fingerprint density at radius 2 is 1.46 bits per heavy atom. The fraction of sp³-hybridized carbons (Fsp3) is 0.240. The number of carbonyl (C=O) groups excluding carboxylic acids is 1. The van der Waals surface area contributed by atoms with Crippen LogP contribution in [-0.2, 0) is 26.5 Å². The van der Waals surface area contributed by atoms with Gasteiger partial charge in [0.05, 0.1) is 15.5 Å². The molecule has 1 amide bonds. The van der Waals surface area contributed by atoms with Gasteiger partial charge in [0, 0.05) is 30.9 Å². The summed E-state index contributed by atoms with van der Waals surface area (Å²) in [4.78, 5) is 13.1. The molecule has 1 saturated heterocycles. The molecule has 3 aromatic rings. The maximum Gasteiger partial charge on any atom is 0.264 e. The summed E-state index contributed by atoms with van der Waals surface area (Å²) in [5.74, 6) is -0.487. The van der Waals surface area contributed by atoms with Crippen molar-refractivity contribution in [2.24, 2.45) is 0 Å². The SMILES string of the molecule is O=C(Nc1ccc(S(=O)(=O)N2CCCC2)cc1)c1cccc(S(=O)(=O)N2CCc3ccccc32)c1. The zero-order valence-corrected chi connectivity index (χ0v) is 20.6. The molecule has 0 aliphatic carbocycles. The number of rotatable bonds is 6. The van der Waals surface area contributed by atoms with Gasteiger partial charge in [-0.1, -0.05) is 24.3 Å². The molecular weight excluding hydrogens is 486 g/mol. The molecule has 1 fully saturated rings. The van der Waals surface area contributed by atoms with Crippen LogP contribution in [0.25, 0.3) is 0 Å². The minimum atomic E-state index is -3.83. The van der Waals surface area contributed by atoms with E-state index in [-0.39, 0.29) is 15.4 Å². The van der Waals surface area contributed by atoms with Crippen molar-refractivity contribution in [3.8, 4) is 0 Å². The maximum absolute atomic E-state index is 13.3. The van der Waals surface area contributed by atoms with Crippen LogP contribution in [0.15, 0.2) is 82.6 Å². The van der Waals surface area contributed by atoms with Crippen molar-refractivity contribution in [1.82, 2.24) is 4.31 Å². The Labute approximate surface area is 205 Å². The smallest absolute Gasteiger partial charge is 0.264 e. The van der Waals surface area contributed by atoms with Crippen molar-refractivity contribution in [1.29, 1.82) is 0 Å². The summed E-state index contributed by atoms with van der Waals surface area (Å²) >= 11 is 0. The first-order valence-corrected chi connectivity index (χ1v) is 14.3. The van der Waals surface area contributed by atoms with Crippen molar-refractivity contribution in [2.75, 3.05) is 29.3 Å². The molecule has 0 radical (unpaired) electrons. The molecule has 182 valence electrons. The van der Waals surface area contributed by atoms with Crippen LogP contribution < -0.4 is 9.62 Å². The molecule has 0 aromatic heterocycles. The highest BCUT2D eigenvalue weighted by atomic mass is 32.2. The number of nitrogens with zero attached hydrogens (tertiary/aromatic N) is 2. The number of para-hydroxylation sites is 1. The van der Waals surface area contributed by atoms with E-state index in [1.807, 2.05) is 12.1 Å². The Balaban J connectivity index is 1.33. The molecule has 0 saturated carbocycles. The average molecular weight is 512 g/mol. The number of carbonyl (C=O) groups is 1. The molecule has 2 heterocycles. The molecule has 0 atom stereocenters. The summed E-state index contributed by atoms with van der Waals surface area (Å²) in [7, 11) is -7.37. The van der Waals surface area contributed by atoms with Gasteiger partial charge in [-0.3, -0.25) is 9.10 Å². The van der Waals surface area contributed by atoms with Crippen molar-refractivity contribution in [2.45, 2.75) is 29.1 Å². The molecule has 0 unspecified atom stereocenters. The van der Waals surface area contributed by atoms with Gasteiger partial charge < -0.3 is 5.32 Å². The van der Waals surface area contributed by atoms with Gasteiger partial charge in [0.25, 0.3) is 15.9 Å². The molecule has 3 aromatic carbocycles. The minimum Gasteiger partial charge on any atom is -0.322 e. The van der Waals surface area contributed by atoms with E-state index in [1.165, 1.54) is 51.1 Å². The Bertz CT molecular complexity index is 1480. The number of benzene rings is 3. The van der Waals surface area contributed by atoms with E-state index in [4.69, 9.17) is 0 Å². The van der Waals surface area contributed by atoms with Crippen LogP contribution in [0.2, 0.25) is 0 Å². The molecule has 0 bridgehead atoms. The third kappa shape index (κ3) is 4.44. The number of anilines is 2. The Kier molecular flexibility index (Phi) is 6.12. The van der Waals surface area contributed by atoms with Crippen LogP contribution >= 0.6 is 0 Å². The first-order valence-electron chi connectivity index (χ1n) is 11.4. The molecule has 35 heavy (non-hydrogen) atoms. The first kappa shape index (κ1) is 23.5. The zero-order valence-electron chi connectivity index (χ0n) is 18.9. The largest absolute Gasteiger partial charge is 0.322 e. The fourth-order valence-corrected chi connectivity index (χ4v) is 7.54. The monoisotopic (exact) mass is 511 g/mol. The number of fused-ring (bicyclic) bond motifs is 1. The second-order valence-corrected chi connectivity index (χ2v) is 12.4. The number of nitrogens with one attached hydrogen (secondary N) is 1. The molecule has 10 heteroatoms. The van der Waals surface area contributed by atoms with E-state index in [0.29, 0.717) is 37.4 Å². The van der Waals surface area contributed by atoms with Crippen LogP contribution in [0.1, 0.15) is 28.8 Å². The lowest BCUT2D eigenvalue weighted by molar-refractivity contribution is 0.102. The van der Waals surface area contributed by atoms with E-state index >= 15 is 0 Å². The quantitative estimate of drug-likeness (QED) is 0.546. The summed E-state index contributed by atoms with van der Waals surface area (Å²) in [6, 6.07) is 19.3. The summed E-state index contributed by atoms with van der Waals surface area (Å²) in [5, 5.41) is 2.71. The predicted octanol–water partition coefficient (Wildman–Crippen LogP) is 3.47. The van der Waals surface area contributed by atoms with Gasteiger partial charge in [-0.05, 0) is 73.4 Å². The number of amides is 1. The van der Waals surface area contributed by atoms with Crippen molar-refractivity contribution in [3.05, 3.63) is 83.9 Å². The Morgan fingerprint density at radius 1 is 0.743 bits per heavy atom. The van der Waals surface area contributed by atoms with Crippen molar-refractivity contribution in [3.63, 3.8) is 0 Å². The van der Waals surface area contributed by atoms with Crippen LogP contribution in [0, 0.1) is 0 Å². The Morgan fingerprint density at radius 3 is 2.20 bits per heavy atom. The summed E-state index contributed by atoms with van der Waals surface area (Å²) < 4.78 is 54.8. The molecule has 5 rings (SSSR count). The second-order valence-electron chi connectivity index (χ2n) is 8.57. The third-order valence-corrected chi connectivity index (χ3v) is 10.1. The summed E-state index contributed by atoms with van der Waals surface area (Å²) in [5.41, 5.74) is 2.23. The van der Waals surface area contributed by atoms with Crippen LogP contribution in [0.5, 0.6) is 0 Å². The normalized spacial score (nSPS) is 16.3. The van der Waals surface area contributed by atoms with E-state index in [0.717, 1.165) is 18.4 Å². The van der Waals surface area contributed by atoms with E-state index in [9.17, 15) is 21.6 Å². The maximum atomic E-state index is 13.3. The molecule has 8 nitrogen and oxygen atoms in total. The highest BCUT2D eigenvalue weighted by Gasteiger charge is 2.31. The standard InChI is InChI=1S/C25H25N3O5S2/c29-25(26-21-10-12-22(13-11-21)34(30,31)27-15-3-4-16-27)20-7-5-8-23(18-20)35(32,33)28-17-14-19-6-1-2-9-24(19)28/h1-2,5-13,18H,3-4,14-17H2,(H,26,29). The first-order chi connectivity index (χ1) is 16.8. The third-order valence-electron chi connectivity index (χ3n) is 6.34. The summed E-state index contributed by atoms with van der Waals surface area (Å²) in [6.45, 7) is 1.39. The highest BCUT2D eigenvalue weighted by molar-refractivity contribution is 7.92. The lowest BCUT2D eigenvalue weighted by Gasteiger charge is -2.20. The zero-order chi connectivity index (χ0) is 24.6.